The Morgan fingerprint density at radius 1 is 1.00 bits per heavy atom. The van der Waals surface area contributed by atoms with E-state index in [9.17, 15) is 0 Å². The van der Waals surface area contributed by atoms with Crippen molar-refractivity contribution in [2.24, 2.45) is 0 Å². The van der Waals surface area contributed by atoms with Crippen molar-refractivity contribution in [1.82, 2.24) is 5.32 Å². The number of rotatable bonds is 6. The number of benzene rings is 2. The summed E-state index contributed by atoms with van der Waals surface area (Å²) in [5, 5.41) is 7.19. The lowest BCUT2D eigenvalue weighted by Gasteiger charge is -2.16. The lowest BCUT2D eigenvalue weighted by molar-refractivity contribution is 0.528. The molecule has 3 aromatic rings. The van der Waals surface area contributed by atoms with Crippen molar-refractivity contribution in [3.63, 3.8) is 0 Å². The summed E-state index contributed by atoms with van der Waals surface area (Å²) < 4.78 is 1.40. The summed E-state index contributed by atoms with van der Waals surface area (Å²) in [4.78, 5) is 0. The Labute approximate surface area is 130 Å². The summed E-state index contributed by atoms with van der Waals surface area (Å²) in [7, 11) is 2.05. The first-order valence-corrected chi connectivity index (χ1v) is 8.44. The number of hydrogen-bond donors (Lipinski definition) is 1. The highest BCUT2D eigenvalue weighted by molar-refractivity contribution is 7.17. The fourth-order valence-electron chi connectivity index (χ4n) is 2.89. The second kappa shape index (κ2) is 6.88. The van der Waals surface area contributed by atoms with E-state index in [4.69, 9.17) is 0 Å². The molecule has 0 saturated heterocycles. The van der Waals surface area contributed by atoms with Gasteiger partial charge in [-0.25, -0.2) is 0 Å². The fourth-order valence-corrected chi connectivity index (χ4v) is 3.88. The summed E-state index contributed by atoms with van der Waals surface area (Å²) in [5.41, 5.74) is 2.88. The van der Waals surface area contributed by atoms with E-state index in [1.54, 1.807) is 0 Å². The average Bonchev–Trinajstić information content (AvgIpc) is 2.96. The van der Waals surface area contributed by atoms with Crippen LogP contribution in [0.15, 0.2) is 60.0 Å². The standard InChI is InChI=1S/C19H21NS/c1-20-18(15-8-3-2-4-9-15)12-7-10-16-14-21-19-13-6-5-11-17(16)19/h2-6,8-9,11,13-14,18,20H,7,10,12H2,1H3. The van der Waals surface area contributed by atoms with Crippen LogP contribution in [0.3, 0.4) is 0 Å². The molecule has 0 amide bonds. The molecule has 1 nitrogen and oxygen atoms in total. The number of nitrogens with one attached hydrogen (secondary N) is 1. The normalized spacial score (nSPS) is 12.6. The van der Waals surface area contributed by atoms with Crippen LogP contribution in [-0.4, -0.2) is 7.05 Å². The van der Waals surface area contributed by atoms with Crippen LogP contribution in [0.5, 0.6) is 0 Å². The zero-order chi connectivity index (χ0) is 14.5. The first-order valence-electron chi connectivity index (χ1n) is 7.56. The zero-order valence-corrected chi connectivity index (χ0v) is 13.2. The van der Waals surface area contributed by atoms with Crippen LogP contribution in [0.25, 0.3) is 10.1 Å². The molecule has 0 aliphatic rings. The van der Waals surface area contributed by atoms with E-state index in [-0.39, 0.29) is 0 Å². The van der Waals surface area contributed by atoms with E-state index in [0.717, 1.165) is 6.42 Å². The van der Waals surface area contributed by atoms with Crippen molar-refractivity contribution in [2.45, 2.75) is 25.3 Å². The van der Waals surface area contributed by atoms with Gasteiger partial charge in [-0.15, -0.1) is 11.3 Å². The van der Waals surface area contributed by atoms with Crippen molar-refractivity contribution >= 4 is 21.4 Å². The van der Waals surface area contributed by atoms with Gasteiger partial charge in [0.2, 0.25) is 0 Å². The van der Waals surface area contributed by atoms with Crippen molar-refractivity contribution in [2.75, 3.05) is 7.05 Å². The average molecular weight is 295 g/mol. The molecule has 0 aliphatic carbocycles. The molecule has 108 valence electrons. The lowest BCUT2D eigenvalue weighted by Crippen LogP contribution is -2.16. The third kappa shape index (κ3) is 3.34. The predicted octanol–water partition coefficient (Wildman–Crippen LogP) is 5.18. The lowest BCUT2D eigenvalue weighted by atomic mass is 9.99. The van der Waals surface area contributed by atoms with Gasteiger partial charge in [-0.1, -0.05) is 48.5 Å². The van der Waals surface area contributed by atoms with Crippen LogP contribution in [0, 0.1) is 0 Å². The van der Waals surface area contributed by atoms with E-state index < -0.39 is 0 Å². The summed E-state index contributed by atoms with van der Waals surface area (Å²) >= 11 is 1.86. The van der Waals surface area contributed by atoms with Crippen LogP contribution in [0.2, 0.25) is 0 Å². The Balaban J connectivity index is 1.63. The second-order valence-corrected chi connectivity index (χ2v) is 6.31. The van der Waals surface area contributed by atoms with Crippen molar-refractivity contribution in [1.29, 1.82) is 0 Å². The first kappa shape index (κ1) is 14.3. The van der Waals surface area contributed by atoms with Gasteiger partial charge < -0.3 is 5.32 Å². The van der Waals surface area contributed by atoms with Gasteiger partial charge in [0.05, 0.1) is 0 Å². The third-order valence-electron chi connectivity index (χ3n) is 4.05. The number of aryl methyl sites for hydroxylation is 1. The molecule has 1 N–H and O–H groups in total. The molecular formula is C19H21NS. The molecule has 1 atom stereocenters. The Morgan fingerprint density at radius 3 is 2.57 bits per heavy atom. The molecule has 2 heteroatoms. The summed E-state index contributed by atoms with van der Waals surface area (Å²) in [6.07, 6.45) is 3.54. The van der Waals surface area contributed by atoms with Crippen molar-refractivity contribution in [3.8, 4) is 0 Å². The maximum atomic E-state index is 3.44. The van der Waals surface area contributed by atoms with Crippen LogP contribution in [0.1, 0.15) is 30.0 Å². The molecule has 0 aliphatic heterocycles. The smallest absolute Gasteiger partial charge is 0.0345 e. The number of fused-ring (bicyclic) bond motifs is 1. The Morgan fingerprint density at radius 2 is 1.76 bits per heavy atom. The maximum absolute atomic E-state index is 3.44. The van der Waals surface area contributed by atoms with Gasteiger partial charge in [0.25, 0.3) is 0 Å². The molecule has 0 radical (unpaired) electrons. The van der Waals surface area contributed by atoms with Gasteiger partial charge in [0, 0.05) is 10.7 Å². The van der Waals surface area contributed by atoms with Gasteiger partial charge in [-0.05, 0) is 54.3 Å². The van der Waals surface area contributed by atoms with Crippen LogP contribution in [0.4, 0.5) is 0 Å². The second-order valence-electron chi connectivity index (χ2n) is 5.40. The molecule has 3 rings (SSSR count). The highest BCUT2D eigenvalue weighted by Gasteiger charge is 2.09. The van der Waals surface area contributed by atoms with Crippen LogP contribution < -0.4 is 5.32 Å². The SMILES string of the molecule is CNC(CCCc1csc2ccccc12)c1ccccc1. The molecule has 0 bridgehead atoms. The summed E-state index contributed by atoms with van der Waals surface area (Å²) in [5.74, 6) is 0. The minimum atomic E-state index is 0.455. The molecule has 0 spiro atoms. The van der Waals surface area contributed by atoms with Crippen molar-refractivity contribution < 1.29 is 0 Å². The van der Waals surface area contributed by atoms with E-state index in [0.29, 0.717) is 6.04 Å². The first-order chi connectivity index (χ1) is 10.4. The topological polar surface area (TPSA) is 12.0 Å². The molecule has 1 aromatic heterocycles. The van der Waals surface area contributed by atoms with E-state index in [1.807, 2.05) is 11.3 Å². The molecular weight excluding hydrogens is 274 g/mol. The molecule has 21 heavy (non-hydrogen) atoms. The largest absolute Gasteiger partial charge is 0.313 e. The molecule has 0 fully saturated rings. The third-order valence-corrected chi connectivity index (χ3v) is 5.06. The molecule has 1 unspecified atom stereocenters. The van der Waals surface area contributed by atoms with Gasteiger partial charge >= 0.3 is 0 Å². The van der Waals surface area contributed by atoms with Gasteiger partial charge in [0.15, 0.2) is 0 Å². The predicted molar refractivity (Wildman–Crippen MR) is 93.0 cm³/mol. The minimum absolute atomic E-state index is 0.455. The highest BCUT2D eigenvalue weighted by Crippen LogP contribution is 2.28. The zero-order valence-electron chi connectivity index (χ0n) is 12.4. The van der Waals surface area contributed by atoms with E-state index >= 15 is 0 Å². The number of hydrogen-bond acceptors (Lipinski definition) is 2. The Hall–Kier alpha value is -1.64. The Kier molecular flexibility index (Phi) is 4.69. The maximum Gasteiger partial charge on any atom is 0.0345 e. The fraction of sp³-hybridized carbons (Fsp3) is 0.263. The van der Waals surface area contributed by atoms with E-state index in [2.05, 4.69) is 72.3 Å². The monoisotopic (exact) mass is 295 g/mol. The van der Waals surface area contributed by atoms with Gasteiger partial charge in [0.1, 0.15) is 0 Å². The molecule has 1 heterocycles. The Bertz CT molecular complexity index is 687. The van der Waals surface area contributed by atoms with Crippen LogP contribution >= 0.6 is 11.3 Å². The van der Waals surface area contributed by atoms with E-state index in [1.165, 1.54) is 34.1 Å². The van der Waals surface area contributed by atoms with Gasteiger partial charge in [-0.2, -0.15) is 0 Å². The van der Waals surface area contributed by atoms with Crippen molar-refractivity contribution in [3.05, 3.63) is 71.1 Å². The summed E-state index contributed by atoms with van der Waals surface area (Å²) in [6, 6.07) is 19.9. The molecule has 2 aromatic carbocycles. The van der Waals surface area contributed by atoms with Gasteiger partial charge in [-0.3, -0.25) is 0 Å². The highest BCUT2D eigenvalue weighted by atomic mass is 32.1. The quantitative estimate of drug-likeness (QED) is 0.660. The van der Waals surface area contributed by atoms with Crippen LogP contribution in [-0.2, 0) is 6.42 Å². The minimum Gasteiger partial charge on any atom is -0.313 e. The number of thiophene rings is 1. The molecule has 0 saturated carbocycles. The summed E-state index contributed by atoms with van der Waals surface area (Å²) in [6.45, 7) is 0.